The van der Waals surface area contributed by atoms with Gasteiger partial charge in [-0.15, -0.1) is 11.3 Å². The van der Waals surface area contributed by atoms with Crippen LogP contribution in [0, 0.1) is 5.41 Å². The van der Waals surface area contributed by atoms with Crippen LogP contribution in [0.2, 0.25) is 0 Å². The van der Waals surface area contributed by atoms with E-state index in [9.17, 15) is 9.90 Å². The number of hydrogen-bond acceptors (Lipinski definition) is 5. The molecule has 6 nitrogen and oxygen atoms in total. The molecule has 0 aliphatic rings. The maximum atomic E-state index is 13.1. The van der Waals surface area contributed by atoms with Gasteiger partial charge < -0.3 is 20.2 Å². The van der Waals surface area contributed by atoms with Gasteiger partial charge in [0.15, 0.2) is 5.76 Å². The second kappa shape index (κ2) is 9.90. The molecule has 0 saturated carbocycles. The van der Waals surface area contributed by atoms with E-state index in [1.54, 1.807) is 12.1 Å². The topological polar surface area (TPSA) is 98.4 Å². The molecule has 0 saturated heterocycles. The van der Waals surface area contributed by atoms with E-state index in [2.05, 4.69) is 10.6 Å². The summed E-state index contributed by atoms with van der Waals surface area (Å²) in [4.78, 5) is 13.9. The van der Waals surface area contributed by atoms with Crippen molar-refractivity contribution in [1.29, 1.82) is 5.41 Å². The summed E-state index contributed by atoms with van der Waals surface area (Å²) >= 11 is 1.51. The van der Waals surface area contributed by atoms with Crippen molar-refractivity contribution in [3.05, 3.63) is 87.8 Å². The van der Waals surface area contributed by atoms with Gasteiger partial charge in [-0.1, -0.05) is 47.6 Å². The molecule has 1 amide bonds. The fourth-order valence-corrected chi connectivity index (χ4v) is 4.63. The van der Waals surface area contributed by atoms with E-state index < -0.39 is 0 Å². The van der Waals surface area contributed by atoms with Crippen LogP contribution in [0.5, 0.6) is 5.75 Å². The van der Waals surface area contributed by atoms with Crippen LogP contribution in [0.1, 0.15) is 68.1 Å². The minimum Gasteiger partial charge on any atom is -0.507 e. The lowest BCUT2D eigenvalue weighted by molar-refractivity contribution is 0.0997. The van der Waals surface area contributed by atoms with Crippen LogP contribution in [0.15, 0.2) is 70.5 Å². The Hall–Kier alpha value is -3.84. The molecule has 192 valence electrons. The Labute approximate surface area is 221 Å². The quantitative estimate of drug-likeness (QED) is 0.123. The summed E-state index contributed by atoms with van der Waals surface area (Å²) in [5.74, 6) is 1.01. The SMILES string of the molecule is CC(C)(C)c1cc(NC(=O)c2ccc(-c3ccc(NC(=N)c4cccs4)cc3)o2)cc(C(C)(C)C)c1O. The van der Waals surface area contributed by atoms with Gasteiger partial charge in [-0.2, -0.15) is 0 Å². The molecule has 4 rings (SSSR count). The van der Waals surface area contributed by atoms with E-state index in [-0.39, 0.29) is 28.2 Å². The fraction of sp³-hybridized carbons (Fsp3) is 0.267. The second-order valence-corrected chi connectivity index (χ2v) is 12.0. The van der Waals surface area contributed by atoms with E-state index in [1.807, 2.05) is 95.5 Å². The third kappa shape index (κ3) is 5.94. The minimum atomic E-state index is -0.362. The average Bonchev–Trinajstić information content (AvgIpc) is 3.52. The third-order valence-electron chi connectivity index (χ3n) is 6.02. The molecule has 2 heterocycles. The number of carbonyl (C=O) groups excluding carboxylic acids is 1. The monoisotopic (exact) mass is 515 g/mol. The van der Waals surface area contributed by atoms with Gasteiger partial charge in [0, 0.05) is 28.1 Å². The fourth-order valence-electron chi connectivity index (χ4n) is 4.00. The number of carbonyl (C=O) groups is 1. The van der Waals surface area contributed by atoms with Gasteiger partial charge in [0.1, 0.15) is 17.3 Å². The summed E-state index contributed by atoms with van der Waals surface area (Å²) in [5, 5.41) is 27.1. The summed E-state index contributed by atoms with van der Waals surface area (Å²) in [6, 6.07) is 18.4. The molecule has 0 radical (unpaired) electrons. The van der Waals surface area contributed by atoms with Crippen LogP contribution in [0.25, 0.3) is 11.3 Å². The van der Waals surface area contributed by atoms with E-state index in [0.717, 1.165) is 27.3 Å². The Morgan fingerprint density at radius 1 is 0.865 bits per heavy atom. The molecule has 2 aromatic heterocycles. The molecule has 0 fully saturated rings. The van der Waals surface area contributed by atoms with E-state index in [0.29, 0.717) is 17.3 Å². The van der Waals surface area contributed by atoms with Gasteiger partial charge in [-0.25, -0.2) is 0 Å². The number of anilines is 2. The van der Waals surface area contributed by atoms with Crippen LogP contribution in [-0.2, 0) is 10.8 Å². The molecule has 0 unspecified atom stereocenters. The number of nitrogens with one attached hydrogen (secondary N) is 3. The number of amidine groups is 1. The van der Waals surface area contributed by atoms with Crippen molar-refractivity contribution in [3.8, 4) is 17.1 Å². The van der Waals surface area contributed by atoms with Crippen LogP contribution in [0.4, 0.5) is 11.4 Å². The lowest BCUT2D eigenvalue weighted by Gasteiger charge is -2.28. The Morgan fingerprint density at radius 2 is 1.49 bits per heavy atom. The van der Waals surface area contributed by atoms with E-state index in [1.165, 1.54) is 11.3 Å². The summed E-state index contributed by atoms with van der Waals surface area (Å²) < 4.78 is 5.88. The van der Waals surface area contributed by atoms with Gasteiger partial charge in [0.05, 0.1) is 4.88 Å². The molecule has 4 N–H and O–H groups in total. The van der Waals surface area contributed by atoms with E-state index >= 15 is 0 Å². The van der Waals surface area contributed by atoms with Crippen molar-refractivity contribution in [2.45, 2.75) is 52.4 Å². The molecule has 37 heavy (non-hydrogen) atoms. The first kappa shape index (κ1) is 26.2. The Bertz CT molecular complexity index is 1390. The van der Waals surface area contributed by atoms with Crippen molar-refractivity contribution in [3.63, 3.8) is 0 Å². The lowest BCUT2D eigenvalue weighted by Crippen LogP contribution is -2.19. The molecule has 0 aliphatic carbocycles. The number of thiophene rings is 1. The van der Waals surface area contributed by atoms with Crippen LogP contribution in [-0.4, -0.2) is 16.8 Å². The first-order chi connectivity index (χ1) is 17.3. The predicted molar refractivity (Wildman–Crippen MR) is 152 cm³/mol. The molecule has 0 atom stereocenters. The number of amides is 1. The van der Waals surface area contributed by atoms with Gasteiger partial charge in [0.25, 0.3) is 5.91 Å². The molecular formula is C30H33N3O3S. The smallest absolute Gasteiger partial charge is 0.291 e. The number of aromatic hydroxyl groups is 1. The predicted octanol–water partition coefficient (Wildman–Crippen LogP) is 8.00. The summed E-state index contributed by atoms with van der Waals surface area (Å²) in [7, 11) is 0. The van der Waals surface area contributed by atoms with Crippen molar-refractivity contribution in [2.24, 2.45) is 0 Å². The van der Waals surface area contributed by atoms with Gasteiger partial charge in [-0.05, 0) is 70.8 Å². The maximum Gasteiger partial charge on any atom is 0.291 e. The first-order valence-corrected chi connectivity index (χ1v) is 13.0. The van der Waals surface area contributed by atoms with Gasteiger partial charge >= 0.3 is 0 Å². The minimum absolute atomic E-state index is 0.194. The number of phenols is 1. The molecule has 7 heteroatoms. The Kier molecular flexibility index (Phi) is 7.02. The average molecular weight is 516 g/mol. The van der Waals surface area contributed by atoms with Crippen molar-refractivity contribution >= 4 is 34.5 Å². The summed E-state index contributed by atoms with van der Waals surface area (Å²) in [6.07, 6.45) is 0. The van der Waals surface area contributed by atoms with E-state index in [4.69, 9.17) is 9.83 Å². The number of hydrogen-bond donors (Lipinski definition) is 4. The first-order valence-electron chi connectivity index (χ1n) is 12.1. The number of phenolic OH excluding ortho intramolecular Hbond substituents is 1. The standard InChI is InChI=1S/C30H33N3O3S/c1-29(2,3)21-16-20(17-22(26(21)34)30(4,5)6)33-28(35)24-14-13-23(36-24)18-9-11-19(12-10-18)32-27(31)25-8-7-15-37-25/h7-17,34H,1-6H3,(H2,31,32)(H,33,35). The summed E-state index contributed by atoms with van der Waals surface area (Å²) in [5.41, 5.74) is 3.18. The molecule has 2 aromatic carbocycles. The normalized spacial score (nSPS) is 11.8. The number of rotatable bonds is 5. The zero-order valence-electron chi connectivity index (χ0n) is 22.0. The molecule has 0 spiro atoms. The van der Waals surface area contributed by atoms with Crippen LogP contribution < -0.4 is 10.6 Å². The van der Waals surface area contributed by atoms with Crippen LogP contribution in [0.3, 0.4) is 0 Å². The number of benzene rings is 2. The molecular weight excluding hydrogens is 482 g/mol. The zero-order chi connectivity index (χ0) is 27.0. The molecule has 4 aromatic rings. The highest BCUT2D eigenvalue weighted by molar-refractivity contribution is 7.12. The number of furan rings is 1. The second-order valence-electron chi connectivity index (χ2n) is 11.1. The highest BCUT2D eigenvalue weighted by Gasteiger charge is 2.27. The van der Waals surface area contributed by atoms with Gasteiger partial charge in [-0.3, -0.25) is 10.2 Å². The lowest BCUT2D eigenvalue weighted by atomic mass is 9.79. The third-order valence-corrected chi connectivity index (χ3v) is 6.91. The van der Waals surface area contributed by atoms with Crippen molar-refractivity contribution in [2.75, 3.05) is 10.6 Å². The largest absolute Gasteiger partial charge is 0.507 e. The maximum absolute atomic E-state index is 13.1. The van der Waals surface area contributed by atoms with Crippen LogP contribution >= 0.6 is 11.3 Å². The molecule has 0 bridgehead atoms. The van der Waals surface area contributed by atoms with Crippen molar-refractivity contribution < 1.29 is 14.3 Å². The van der Waals surface area contributed by atoms with Crippen molar-refractivity contribution in [1.82, 2.24) is 0 Å². The van der Waals surface area contributed by atoms with Gasteiger partial charge in [0.2, 0.25) is 0 Å². The summed E-state index contributed by atoms with van der Waals surface area (Å²) in [6.45, 7) is 12.2. The highest BCUT2D eigenvalue weighted by atomic mass is 32.1. The Morgan fingerprint density at radius 3 is 2.03 bits per heavy atom. The Balaban J connectivity index is 1.51. The highest BCUT2D eigenvalue weighted by Crippen LogP contribution is 2.41. The molecule has 0 aliphatic heterocycles. The zero-order valence-corrected chi connectivity index (χ0v) is 22.8.